The minimum absolute atomic E-state index is 0.0804. The first-order valence-corrected chi connectivity index (χ1v) is 5.79. The second-order valence-electron chi connectivity index (χ2n) is 3.81. The zero-order chi connectivity index (χ0) is 13.7. The first kappa shape index (κ1) is 14.4. The predicted octanol–water partition coefficient (Wildman–Crippen LogP) is 2.48. The van der Waals surface area contributed by atoms with Crippen molar-refractivity contribution in [1.82, 2.24) is 5.32 Å². The molecule has 1 N–H and O–H groups in total. The molecule has 1 aromatic rings. The van der Waals surface area contributed by atoms with E-state index in [1.165, 1.54) is 0 Å². The minimum atomic E-state index is -0.820. The maximum absolute atomic E-state index is 13.1. The summed E-state index contributed by atoms with van der Waals surface area (Å²) in [6.45, 7) is 1.74. The van der Waals surface area contributed by atoms with Crippen LogP contribution in [-0.2, 0) is 0 Å². The molecular formula is C11H12ClFN2O3. The molecule has 0 aliphatic carbocycles. The van der Waals surface area contributed by atoms with E-state index >= 15 is 0 Å². The third-order valence-corrected chi connectivity index (χ3v) is 2.49. The van der Waals surface area contributed by atoms with Crippen molar-refractivity contribution in [3.05, 3.63) is 39.7 Å². The smallest absolute Gasteiger partial charge is 0.273 e. The van der Waals surface area contributed by atoms with E-state index in [0.717, 1.165) is 18.2 Å². The van der Waals surface area contributed by atoms with Gasteiger partial charge < -0.3 is 5.32 Å². The van der Waals surface area contributed by atoms with Crippen LogP contribution in [-0.4, -0.2) is 22.8 Å². The highest BCUT2D eigenvalue weighted by Gasteiger charge is 2.15. The molecule has 0 saturated heterocycles. The summed E-state index contributed by atoms with van der Waals surface area (Å²) < 4.78 is 13.1. The van der Waals surface area contributed by atoms with Crippen LogP contribution in [0.1, 0.15) is 23.7 Å². The van der Waals surface area contributed by atoms with Crippen LogP contribution in [0.25, 0.3) is 0 Å². The summed E-state index contributed by atoms with van der Waals surface area (Å²) in [5.41, 5.74) is -0.534. The number of hydrogen-bond donors (Lipinski definition) is 1. The van der Waals surface area contributed by atoms with Crippen LogP contribution in [0.15, 0.2) is 18.2 Å². The average Bonchev–Trinajstić information content (AvgIpc) is 2.28. The Morgan fingerprint density at radius 3 is 2.78 bits per heavy atom. The lowest BCUT2D eigenvalue weighted by atomic mass is 10.1. The standard InChI is InChI=1S/C11H12ClFN2O3/c1-7(2-3-12)14-11(16)8-4-9(13)6-10(5-8)15(17)18/h4-7H,2-3H2,1H3,(H,14,16). The number of hydrogen-bond acceptors (Lipinski definition) is 3. The molecule has 98 valence electrons. The first-order chi connectivity index (χ1) is 8.43. The van der Waals surface area contributed by atoms with Gasteiger partial charge in [-0.2, -0.15) is 0 Å². The number of nitrogens with one attached hydrogen (secondary N) is 1. The topological polar surface area (TPSA) is 72.2 Å². The van der Waals surface area contributed by atoms with Gasteiger partial charge in [-0.1, -0.05) is 0 Å². The number of alkyl halides is 1. The number of carbonyl (C=O) groups is 1. The molecule has 1 unspecified atom stereocenters. The molecular weight excluding hydrogens is 263 g/mol. The van der Waals surface area contributed by atoms with Gasteiger partial charge in [0.05, 0.1) is 11.0 Å². The van der Waals surface area contributed by atoms with Crippen molar-refractivity contribution in [3.63, 3.8) is 0 Å². The van der Waals surface area contributed by atoms with Gasteiger partial charge >= 0.3 is 0 Å². The molecule has 1 aromatic carbocycles. The fourth-order valence-electron chi connectivity index (χ4n) is 1.35. The molecule has 7 heteroatoms. The molecule has 0 saturated carbocycles. The lowest BCUT2D eigenvalue weighted by Gasteiger charge is -2.12. The third-order valence-electron chi connectivity index (χ3n) is 2.28. The van der Waals surface area contributed by atoms with E-state index in [1.807, 2.05) is 0 Å². The van der Waals surface area contributed by atoms with Gasteiger partial charge in [0, 0.05) is 23.6 Å². The van der Waals surface area contributed by atoms with E-state index in [2.05, 4.69) is 5.32 Å². The van der Waals surface area contributed by atoms with Gasteiger partial charge in [-0.3, -0.25) is 14.9 Å². The zero-order valence-electron chi connectivity index (χ0n) is 9.65. The summed E-state index contributed by atoms with van der Waals surface area (Å²) in [4.78, 5) is 21.5. The summed E-state index contributed by atoms with van der Waals surface area (Å²) in [6, 6.07) is 2.57. The van der Waals surface area contributed by atoms with Crippen LogP contribution in [0.3, 0.4) is 0 Å². The van der Waals surface area contributed by atoms with Gasteiger partial charge in [-0.25, -0.2) is 4.39 Å². The quantitative estimate of drug-likeness (QED) is 0.509. The molecule has 0 aromatic heterocycles. The second kappa shape index (κ2) is 6.30. The van der Waals surface area contributed by atoms with Crippen molar-refractivity contribution in [2.24, 2.45) is 0 Å². The van der Waals surface area contributed by atoms with Crippen LogP contribution < -0.4 is 5.32 Å². The summed E-state index contributed by atoms with van der Waals surface area (Å²) in [5.74, 6) is -1.00. The Hall–Kier alpha value is -1.69. The number of carbonyl (C=O) groups excluding carboxylic acids is 1. The number of non-ortho nitro benzene ring substituents is 1. The first-order valence-electron chi connectivity index (χ1n) is 5.26. The van der Waals surface area contributed by atoms with Crippen LogP contribution in [0.5, 0.6) is 0 Å². The Morgan fingerprint density at radius 2 is 2.22 bits per heavy atom. The third kappa shape index (κ3) is 3.96. The van der Waals surface area contributed by atoms with Crippen LogP contribution in [0, 0.1) is 15.9 Å². The largest absolute Gasteiger partial charge is 0.350 e. The number of rotatable bonds is 5. The molecule has 0 aliphatic heterocycles. The van der Waals surface area contributed by atoms with E-state index in [9.17, 15) is 19.3 Å². The lowest BCUT2D eigenvalue weighted by Crippen LogP contribution is -2.32. The zero-order valence-corrected chi connectivity index (χ0v) is 10.4. The highest BCUT2D eigenvalue weighted by Crippen LogP contribution is 2.16. The highest BCUT2D eigenvalue weighted by molar-refractivity contribution is 6.17. The summed E-state index contributed by atoms with van der Waals surface area (Å²) in [5, 5.41) is 13.1. The number of amides is 1. The van der Waals surface area contributed by atoms with E-state index in [1.54, 1.807) is 6.92 Å². The molecule has 0 heterocycles. The maximum atomic E-state index is 13.1. The fraction of sp³-hybridized carbons (Fsp3) is 0.364. The number of nitro benzene ring substituents is 1. The van der Waals surface area contributed by atoms with Gasteiger partial charge in [0.15, 0.2) is 0 Å². The monoisotopic (exact) mass is 274 g/mol. The summed E-state index contributed by atoms with van der Waals surface area (Å²) in [6.07, 6.45) is 0.560. The molecule has 0 bridgehead atoms. The second-order valence-corrected chi connectivity index (χ2v) is 4.19. The highest BCUT2D eigenvalue weighted by atomic mass is 35.5. The van der Waals surface area contributed by atoms with Crippen molar-refractivity contribution in [3.8, 4) is 0 Å². The fourth-order valence-corrected chi connectivity index (χ4v) is 1.68. The molecule has 0 spiro atoms. The van der Waals surface area contributed by atoms with Gasteiger partial charge in [0.25, 0.3) is 11.6 Å². The van der Waals surface area contributed by atoms with E-state index in [4.69, 9.17) is 11.6 Å². The molecule has 1 amide bonds. The van der Waals surface area contributed by atoms with Crippen molar-refractivity contribution < 1.29 is 14.1 Å². The lowest BCUT2D eigenvalue weighted by molar-refractivity contribution is -0.385. The Bertz CT molecular complexity index is 468. The molecule has 1 rings (SSSR count). The maximum Gasteiger partial charge on any atom is 0.273 e. The Labute approximate surface area is 108 Å². The van der Waals surface area contributed by atoms with Gasteiger partial charge in [0.1, 0.15) is 5.82 Å². The summed E-state index contributed by atoms with van der Waals surface area (Å²) >= 11 is 5.52. The SMILES string of the molecule is CC(CCCl)NC(=O)c1cc(F)cc([N+](=O)[O-])c1. The van der Waals surface area contributed by atoms with Crippen molar-refractivity contribution in [2.45, 2.75) is 19.4 Å². The number of nitrogens with zero attached hydrogens (tertiary/aromatic N) is 1. The molecule has 18 heavy (non-hydrogen) atoms. The molecule has 5 nitrogen and oxygen atoms in total. The van der Waals surface area contributed by atoms with Crippen molar-refractivity contribution in [1.29, 1.82) is 0 Å². The molecule has 0 radical (unpaired) electrons. The van der Waals surface area contributed by atoms with Crippen molar-refractivity contribution in [2.75, 3.05) is 5.88 Å². The van der Waals surface area contributed by atoms with Gasteiger partial charge in [-0.05, 0) is 19.4 Å². The Balaban J connectivity index is 2.88. The summed E-state index contributed by atoms with van der Waals surface area (Å²) in [7, 11) is 0. The van der Waals surface area contributed by atoms with Crippen LogP contribution in [0.4, 0.5) is 10.1 Å². The normalized spacial score (nSPS) is 11.9. The number of nitro groups is 1. The van der Waals surface area contributed by atoms with Gasteiger partial charge in [0.2, 0.25) is 0 Å². The van der Waals surface area contributed by atoms with Gasteiger partial charge in [-0.15, -0.1) is 11.6 Å². The van der Waals surface area contributed by atoms with E-state index in [0.29, 0.717) is 12.3 Å². The predicted molar refractivity (Wildman–Crippen MR) is 65.3 cm³/mol. The molecule has 1 atom stereocenters. The van der Waals surface area contributed by atoms with E-state index in [-0.39, 0.29) is 11.6 Å². The number of halogens is 2. The van der Waals surface area contributed by atoms with E-state index < -0.39 is 22.3 Å². The minimum Gasteiger partial charge on any atom is -0.350 e. The Morgan fingerprint density at radius 1 is 1.56 bits per heavy atom. The number of benzene rings is 1. The Kier molecular flexibility index (Phi) is 5.03. The van der Waals surface area contributed by atoms with Crippen molar-refractivity contribution >= 4 is 23.2 Å². The molecule has 0 aliphatic rings. The van der Waals surface area contributed by atoms with Crippen LogP contribution in [0.2, 0.25) is 0 Å². The molecule has 0 fully saturated rings. The van der Waals surface area contributed by atoms with Crippen LogP contribution >= 0.6 is 11.6 Å². The average molecular weight is 275 g/mol.